The van der Waals surface area contributed by atoms with E-state index in [0.29, 0.717) is 53.8 Å². The number of anilines is 2. The van der Waals surface area contributed by atoms with E-state index in [2.05, 4.69) is 10.2 Å². The molecule has 10 heteroatoms. The van der Waals surface area contributed by atoms with E-state index < -0.39 is 11.7 Å². The van der Waals surface area contributed by atoms with Crippen LogP contribution in [-0.4, -0.2) is 56.2 Å². The Morgan fingerprint density at radius 1 is 1.03 bits per heavy atom. The third-order valence-corrected chi connectivity index (χ3v) is 6.44. The SMILES string of the molecule is NC(=O)c1ccc(N(CCN2CCOCC2)C(=O)Nc2ccc(Cl)cc2)cc1-c1ccc(F)c(Cl)c1. The van der Waals surface area contributed by atoms with Crippen molar-refractivity contribution < 1.29 is 18.7 Å². The summed E-state index contributed by atoms with van der Waals surface area (Å²) in [6, 6.07) is 15.5. The number of primary amides is 1. The number of hydrogen-bond acceptors (Lipinski definition) is 4. The van der Waals surface area contributed by atoms with Crippen LogP contribution < -0.4 is 16.0 Å². The van der Waals surface area contributed by atoms with Gasteiger partial charge < -0.3 is 15.8 Å². The van der Waals surface area contributed by atoms with E-state index in [-0.39, 0.29) is 16.6 Å². The maximum absolute atomic E-state index is 13.8. The Morgan fingerprint density at radius 2 is 1.75 bits per heavy atom. The van der Waals surface area contributed by atoms with Gasteiger partial charge in [0.15, 0.2) is 0 Å². The fourth-order valence-corrected chi connectivity index (χ4v) is 4.26. The molecule has 0 aromatic heterocycles. The third-order valence-electron chi connectivity index (χ3n) is 5.90. The first-order valence-electron chi connectivity index (χ1n) is 11.4. The second-order valence-corrected chi connectivity index (χ2v) is 9.11. The predicted molar refractivity (Wildman–Crippen MR) is 140 cm³/mol. The number of amides is 3. The van der Waals surface area contributed by atoms with Crippen molar-refractivity contribution in [1.29, 1.82) is 0 Å². The smallest absolute Gasteiger partial charge is 0.326 e. The highest BCUT2D eigenvalue weighted by Crippen LogP contribution is 2.31. The van der Waals surface area contributed by atoms with Gasteiger partial charge in [-0.3, -0.25) is 14.6 Å². The summed E-state index contributed by atoms with van der Waals surface area (Å²) in [4.78, 5) is 29.4. The summed E-state index contributed by atoms with van der Waals surface area (Å²) >= 11 is 12.0. The highest BCUT2D eigenvalue weighted by molar-refractivity contribution is 6.31. The molecule has 1 heterocycles. The van der Waals surface area contributed by atoms with Gasteiger partial charge in [-0.15, -0.1) is 0 Å². The molecule has 0 unspecified atom stereocenters. The molecule has 0 spiro atoms. The highest BCUT2D eigenvalue weighted by atomic mass is 35.5. The number of nitrogens with two attached hydrogens (primary N) is 1. The lowest BCUT2D eigenvalue weighted by Gasteiger charge is -2.30. The van der Waals surface area contributed by atoms with Crippen LogP contribution in [0.15, 0.2) is 60.7 Å². The minimum atomic E-state index is -0.650. The van der Waals surface area contributed by atoms with Gasteiger partial charge in [-0.2, -0.15) is 0 Å². The van der Waals surface area contributed by atoms with Crippen LogP contribution in [0.3, 0.4) is 0 Å². The number of ether oxygens (including phenoxy) is 1. The van der Waals surface area contributed by atoms with Crippen molar-refractivity contribution in [3.63, 3.8) is 0 Å². The van der Waals surface area contributed by atoms with Crippen LogP contribution in [0.1, 0.15) is 10.4 Å². The number of halogens is 3. The van der Waals surface area contributed by atoms with Crippen molar-refractivity contribution in [1.82, 2.24) is 4.90 Å². The molecule has 1 aliphatic heterocycles. The molecule has 0 atom stereocenters. The van der Waals surface area contributed by atoms with Gasteiger partial charge in [0.2, 0.25) is 5.91 Å². The average Bonchev–Trinajstić information content (AvgIpc) is 2.87. The van der Waals surface area contributed by atoms with Gasteiger partial charge in [0, 0.05) is 48.1 Å². The number of urea groups is 1. The summed E-state index contributed by atoms with van der Waals surface area (Å²) in [5.41, 5.74) is 7.90. The van der Waals surface area contributed by atoms with Gasteiger partial charge in [0.1, 0.15) is 5.82 Å². The monoisotopic (exact) mass is 530 g/mol. The molecular weight excluding hydrogens is 506 g/mol. The van der Waals surface area contributed by atoms with E-state index in [1.807, 2.05) is 0 Å². The van der Waals surface area contributed by atoms with Gasteiger partial charge in [-0.25, -0.2) is 9.18 Å². The maximum Gasteiger partial charge on any atom is 0.326 e. The topological polar surface area (TPSA) is 87.9 Å². The molecule has 0 bridgehead atoms. The van der Waals surface area contributed by atoms with Crippen molar-refractivity contribution in [2.24, 2.45) is 5.73 Å². The Morgan fingerprint density at radius 3 is 2.42 bits per heavy atom. The zero-order chi connectivity index (χ0) is 25.7. The molecule has 3 N–H and O–H groups in total. The van der Waals surface area contributed by atoms with E-state index in [4.69, 9.17) is 33.7 Å². The summed E-state index contributed by atoms with van der Waals surface area (Å²) in [7, 11) is 0. The highest BCUT2D eigenvalue weighted by Gasteiger charge is 2.21. The summed E-state index contributed by atoms with van der Waals surface area (Å²) in [5.74, 6) is -1.23. The minimum Gasteiger partial charge on any atom is -0.379 e. The van der Waals surface area contributed by atoms with E-state index in [0.717, 1.165) is 13.1 Å². The van der Waals surface area contributed by atoms with E-state index >= 15 is 0 Å². The van der Waals surface area contributed by atoms with E-state index in [9.17, 15) is 14.0 Å². The molecule has 3 amide bonds. The first-order valence-corrected chi connectivity index (χ1v) is 12.1. The predicted octanol–water partition coefficient (Wildman–Crippen LogP) is 5.27. The van der Waals surface area contributed by atoms with Gasteiger partial charge >= 0.3 is 6.03 Å². The van der Waals surface area contributed by atoms with Crippen LogP contribution in [0, 0.1) is 5.82 Å². The molecule has 0 saturated carbocycles. The normalized spacial score (nSPS) is 13.9. The Balaban J connectivity index is 1.69. The van der Waals surface area contributed by atoms with Crippen molar-refractivity contribution in [3.05, 3.63) is 82.1 Å². The molecule has 7 nitrogen and oxygen atoms in total. The lowest BCUT2D eigenvalue weighted by atomic mass is 9.98. The van der Waals surface area contributed by atoms with Gasteiger partial charge in [0.05, 0.1) is 18.2 Å². The number of hydrogen-bond donors (Lipinski definition) is 2. The molecule has 1 fully saturated rings. The maximum atomic E-state index is 13.8. The van der Waals surface area contributed by atoms with Crippen LogP contribution in [0.5, 0.6) is 0 Å². The fourth-order valence-electron chi connectivity index (χ4n) is 3.96. The number of morpholine rings is 1. The quantitative estimate of drug-likeness (QED) is 0.435. The van der Waals surface area contributed by atoms with Gasteiger partial charge in [0.25, 0.3) is 0 Å². The molecular formula is C26H25Cl2FN4O3. The first-order chi connectivity index (χ1) is 17.3. The number of nitrogens with zero attached hydrogens (tertiary/aromatic N) is 2. The molecule has 188 valence electrons. The first kappa shape index (κ1) is 25.9. The summed E-state index contributed by atoms with van der Waals surface area (Å²) < 4.78 is 19.2. The molecule has 3 aromatic rings. The lowest BCUT2D eigenvalue weighted by molar-refractivity contribution is 0.0393. The summed E-state index contributed by atoms with van der Waals surface area (Å²) in [6.07, 6.45) is 0. The average molecular weight is 531 g/mol. The second-order valence-electron chi connectivity index (χ2n) is 8.27. The van der Waals surface area contributed by atoms with Gasteiger partial charge in [-0.1, -0.05) is 29.3 Å². The Bertz CT molecular complexity index is 1250. The van der Waals surface area contributed by atoms with Crippen molar-refractivity contribution >= 4 is 46.5 Å². The van der Waals surface area contributed by atoms with E-state index in [1.165, 1.54) is 18.2 Å². The number of rotatable bonds is 7. The Labute approximate surface area is 218 Å². The Hall–Kier alpha value is -3.17. The molecule has 3 aromatic carbocycles. The zero-order valence-corrected chi connectivity index (χ0v) is 20.9. The van der Waals surface area contributed by atoms with Crippen LogP contribution in [0.2, 0.25) is 10.0 Å². The summed E-state index contributed by atoms with van der Waals surface area (Å²) in [5, 5.41) is 3.36. The Kier molecular flexibility index (Phi) is 8.43. The molecule has 1 saturated heterocycles. The number of nitrogens with one attached hydrogen (secondary N) is 1. The molecule has 1 aliphatic rings. The number of carbonyl (C=O) groups excluding carboxylic acids is 2. The number of benzene rings is 3. The van der Waals surface area contributed by atoms with Crippen molar-refractivity contribution in [2.75, 3.05) is 49.6 Å². The second kappa shape index (κ2) is 11.7. The standard InChI is InChI=1S/C26H25Cl2FN4O3/c27-18-2-4-19(5-3-18)31-26(35)33(10-9-32-11-13-36-14-12-32)20-6-7-21(25(30)34)22(16-20)17-1-8-24(29)23(28)15-17/h1-8,15-16H,9-14H2,(H2,30,34)(H,31,35). The van der Waals surface area contributed by atoms with Crippen LogP contribution in [0.25, 0.3) is 11.1 Å². The third kappa shape index (κ3) is 6.33. The molecule has 0 radical (unpaired) electrons. The zero-order valence-electron chi connectivity index (χ0n) is 19.3. The van der Waals surface area contributed by atoms with Gasteiger partial charge in [-0.05, 0) is 65.7 Å². The number of carbonyl (C=O) groups is 2. The van der Waals surface area contributed by atoms with Crippen molar-refractivity contribution in [2.45, 2.75) is 0 Å². The van der Waals surface area contributed by atoms with Crippen molar-refractivity contribution in [3.8, 4) is 11.1 Å². The minimum absolute atomic E-state index is 0.0852. The molecule has 0 aliphatic carbocycles. The van der Waals surface area contributed by atoms with E-state index in [1.54, 1.807) is 47.4 Å². The fraction of sp³-hybridized carbons (Fsp3) is 0.231. The van der Waals surface area contributed by atoms with Crippen LogP contribution >= 0.6 is 23.2 Å². The van der Waals surface area contributed by atoms with Crippen LogP contribution in [-0.2, 0) is 4.74 Å². The summed E-state index contributed by atoms with van der Waals surface area (Å²) in [6.45, 7) is 3.81. The molecule has 36 heavy (non-hydrogen) atoms. The largest absolute Gasteiger partial charge is 0.379 e. The molecule has 4 rings (SSSR count). The lowest BCUT2D eigenvalue weighted by Crippen LogP contribution is -2.44. The van der Waals surface area contributed by atoms with Crippen LogP contribution in [0.4, 0.5) is 20.6 Å².